The first-order chi connectivity index (χ1) is 22.1. The van der Waals surface area contributed by atoms with E-state index in [9.17, 15) is 127 Å². The van der Waals surface area contributed by atoms with Gasteiger partial charge in [-0.3, -0.25) is 9.80 Å². The van der Waals surface area contributed by atoms with Gasteiger partial charge >= 0.3 is 60.5 Å². The highest BCUT2D eigenvalue weighted by atomic mass is 19.5. The minimum Gasteiger partial charge on any atom is -0.294 e. The molecule has 0 aromatic carbocycles. The minimum atomic E-state index is -7.01. The van der Waals surface area contributed by atoms with Crippen molar-refractivity contribution in [2.24, 2.45) is 0 Å². The predicted molar refractivity (Wildman–Crippen MR) is 113 cm³/mol. The van der Waals surface area contributed by atoms with Crippen LogP contribution in [0, 0.1) is 0 Å². The molecule has 31 heteroatoms. The molecule has 52 heavy (non-hydrogen) atoms. The van der Waals surface area contributed by atoms with Gasteiger partial charge in [-0.15, -0.1) is 0 Å². The van der Waals surface area contributed by atoms with Gasteiger partial charge in [-0.1, -0.05) is 0 Å². The maximum atomic E-state index is 13.3. The smallest absolute Gasteiger partial charge is 0.294 e. The summed E-state index contributed by atoms with van der Waals surface area (Å²) in [5.74, 6) is -41.3. The van der Waals surface area contributed by atoms with Crippen molar-refractivity contribution in [3.05, 3.63) is 0 Å². The first kappa shape index (κ1) is 52.0. The Balaban J connectivity index is 0. The Morgan fingerprint density at radius 3 is 0.942 bits per heavy atom. The van der Waals surface area contributed by atoms with Crippen LogP contribution in [0.4, 0.5) is 127 Å². The second kappa shape index (κ2) is 15.9. The van der Waals surface area contributed by atoms with Crippen LogP contribution in [0.5, 0.6) is 0 Å². The van der Waals surface area contributed by atoms with E-state index in [1.54, 1.807) is 0 Å². The molecule has 0 bridgehead atoms. The minimum absolute atomic E-state index is 0.269. The van der Waals surface area contributed by atoms with Crippen LogP contribution < -0.4 is 0 Å². The summed E-state index contributed by atoms with van der Waals surface area (Å²) >= 11 is 0. The van der Waals surface area contributed by atoms with Crippen molar-refractivity contribution in [3.8, 4) is 0 Å². The fraction of sp³-hybridized carbons (Fsp3) is 1.00. The molecule has 0 spiro atoms. The number of nitrogens with zero attached hydrogens (tertiary/aromatic N) is 2. The first-order valence-electron chi connectivity index (χ1n) is 12.4. The SMILES string of the molecule is CN(CC(F)(F)CC(F)(F)F)CC(F)(F)C(F)(F)C(F)(F)F.FC(F)(F)CC(F)(F)CN(CCC(F)(F)C(F)(F)F)CC(F)(F)C(F)(F)C(F)(F)F. The van der Waals surface area contributed by atoms with Crippen molar-refractivity contribution < 1.29 is 127 Å². The molecule has 0 aliphatic rings. The number of halogens is 29. The van der Waals surface area contributed by atoms with Gasteiger partial charge in [-0.05, 0) is 7.05 Å². The Hall–Kier alpha value is -2.11. The zero-order valence-corrected chi connectivity index (χ0v) is 24.5. The van der Waals surface area contributed by atoms with Crippen LogP contribution in [0.25, 0.3) is 0 Å². The van der Waals surface area contributed by atoms with E-state index in [2.05, 4.69) is 0 Å². The van der Waals surface area contributed by atoms with Crippen LogP contribution in [0.3, 0.4) is 0 Å². The van der Waals surface area contributed by atoms with Crippen LogP contribution in [0.2, 0.25) is 0 Å². The molecule has 0 aliphatic heterocycles. The van der Waals surface area contributed by atoms with Gasteiger partial charge in [-0.25, -0.2) is 17.6 Å². The van der Waals surface area contributed by atoms with Gasteiger partial charge in [0.2, 0.25) is 0 Å². The van der Waals surface area contributed by atoms with E-state index < -0.39 is 134 Å². The molecular weight excluding hydrogens is 831 g/mol. The van der Waals surface area contributed by atoms with Gasteiger partial charge < -0.3 is 0 Å². The second-order valence-electron chi connectivity index (χ2n) is 10.7. The third-order valence-corrected chi connectivity index (χ3v) is 5.55. The molecule has 0 unspecified atom stereocenters. The first-order valence-corrected chi connectivity index (χ1v) is 12.4. The Labute approximate surface area is 269 Å². The van der Waals surface area contributed by atoms with Gasteiger partial charge in [0.1, 0.15) is 12.8 Å². The summed E-state index contributed by atoms with van der Waals surface area (Å²) in [4.78, 5) is -1.57. The van der Waals surface area contributed by atoms with Gasteiger partial charge in [0, 0.05) is 13.0 Å². The molecule has 0 rings (SSSR count). The molecule has 0 radical (unpaired) electrons. The molecular formula is C21H19F29N2. The van der Waals surface area contributed by atoms with Gasteiger partial charge in [0.05, 0.1) is 26.2 Å². The molecule has 2 nitrogen and oxygen atoms in total. The van der Waals surface area contributed by atoms with E-state index in [-0.39, 0.29) is 7.05 Å². The van der Waals surface area contributed by atoms with Crippen LogP contribution in [0.1, 0.15) is 19.3 Å². The predicted octanol–water partition coefficient (Wildman–Crippen LogP) is 10.6. The Morgan fingerprint density at radius 2 is 0.654 bits per heavy atom. The Kier molecular flexibility index (Phi) is 15.9. The van der Waals surface area contributed by atoms with Crippen molar-refractivity contribution in [2.45, 2.75) is 91.6 Å². The van der Waals surface area contributed by atoms with Gasteiger partial charge in [0.25, 0.3) is 11.8 Å². The summed E-state index contributed by atoms with van der Waals surface area (Å²) in [5.41, 5.74) is 0. The molecule has 0 N–H and O–H groups in total. The van der Waals surface area contributed by atoms with E-state index in [4.69, 9.17) is 0 Å². The molecule has 0 saturated heterocycles. The van der Waals surface area contributed by atoms with Crippen molar-refractivity contribution in [1.29, 1.82) is 0 Å². The summed E-state index contributed by atoms with van der Waals surface area (Å²) in [5, 5.41) is 0. The lowest BCUT2D eigenvalue weighted by atomic mass is 10.1. The molecule has 0 aliphatic carbocycles. The highest BCUT2D eigenvalue weighted by Gasteiger charge is 2.74. The summed E-state index contributed by atoms with van der Waals surface area (Å²) in [6.45, 7) is -12.8. The molecule has 316 valence electrons. The lowest BCUT2D eigenvalue weighted by Gasteiger charge is -2.35. The lowest BCUT2D eigenvalue weighted by molar-refractivity contribution is -0.357. The molecule has 0 amide bonds. The van der Waals surface area contributed by atoms with Crippen LogP contribution in [-0.2, 0) is 0 Å². The number of hydrogen-bond donors (Lipinski definition) is 0. The van der Waals surface area contributed by atoms with Crippen LogP contribution in [-0.4, -0.2) is 122 Å². The Bertz CT molecular complexity index is 1090. The maximum Gasteiger partial charge on any atom is 0.459 e. The van der Waals surface area contributed by atoms with Gasteiger partial charge in [-0.2, -0.15) is 110 Å². The third-order valence-electron chi connectivity index (χ3n) is 5.55. The largest absolute Gasteiger partial charge is 0.459 e. The highest BCUT2D eigenvalue weighted by molar-refractivity contribution is 4.95. The zero-order chi connectivity index (χ0) is 42.8. The second-order valence-corrected chi connectivity index (χ2v) is 10.7. The summed E-state index contributed by atoms with van der Waals surface area (Å²) in [6, 6.07) is 0. The average Bonchev–Trinajstić information content (AvgIpc) is 2.76. The molecule has 0 aromatic rings. The van der Waals surface area contributed by atoms with Crippen molar-refractivity contribution >= 4 is 0 Å². The average molecular weight is 850 g/mol. The monoisotopic (exact) mass is 850 g/mol. The molecule has 0 atom stereocenters. The third kappa shape index (κ3) is 16.1. The molecule has 0 aromatic heterocycles. The van der Waals surface area contributed by atoms with Crippen LogP contribution >= 0.6 is 0 Å². The Morgan fingerprint density at radius 1 is 0.346 bits per heavy atom. The van der Waals surface area contributed by atoms with Crippen molar-refractivity contribution in [2.75, 3.05) is 39.8 Å². The summed E-state index contributed by atoms with van der Waals surface area (Å²) in [6.07, 6.45) is -39.7. The van der Waals surface area contributed by atoms with E-state index in [1.165, 1.54) is 0 Å². The number of alkyl halides is 29. The van der Waals surface area contributed by atoms with E-state index in [1.807, 2.05) is 0 Å². The topological polar surface area (TPSA) is 6.48 Å². The van der Waals surface area contributed by atoms with E-state index in [0.29, 0.717) is 0 Å². The van der Waals surface area contributed by atoms with E-state index >= 15 is 0 Å². The van der Waals surface area contributed by atoms with Crippen LogP contribution in [0.15, 0.2) is 0 Å². The van der Waals surface area contributed by atoms with Crippen molar-refractivity contribution in [1.82, 2.24) is 9.80 Å². The normalized spacial score (nSPS) is 15.7. The molecule has 0 fully saturated rings. The quantitative estimate of drug-likeness (QED) is 0.152. The maximum absolute atomic E-state index is 13.3. The standard InChI is InChI=1S/C12H10F17N.C9H9F12N/c13-6(14,3-9(19,20)21)4-30(2-1-7(15,16)11(24,25)26)5-8(17,18)10(22,23)12(27,28)29;1-22(3-5(10,11)2-7(14,15)16)4-6(12,13)8(17,18)9(19,20)21/h1-5H2;2-4H2,1H3. The summed E-state index contributed by atoms with van der Waals surface area (Å²) < 4.78 is 360. The van der Waals surface area contributed by atoms with Crippen molar-refractivity contribution in [3.63, 3.8) is 0 Å². The zero-order valence-electron chi connectivity index (χ0n) is 24.5. The summed E-state index contributed by atoms with van der Waals surface area (Å²) in [7, 11) is 0.269. The number of rotatable bonds is 15. The molecule has 0 saturated carbocycles. The fourth-order valence-electron chi connectivity index (χ4n) is 3.36. The van der Waals surface area contributed by atoms with E-state index in [0.717, 1.165) is 0 Å². The van der Waals surface area contributed by atoms with Gasteiger partial charge in [0.15, 0.2) is 0 Å². The molecule has 0 heterocycles. The highest BCUT2D eigenvalue weighted by Crippen LogP contribution is 2.48. The fourth-order valence-corrected chi connectivity index (χ4v) is 3.36. The number of hydrogen-bond acceptors (Lipinski definition) is 2. The lowest BCUT2D eigenvalue weighted by Crippen LogP contribution is -2.58.